The number of nitrogens with two attached hydrogens (primary N) is 1. The van der Waals surface area contributed by atoms with E-state index in [-0.39, 0.29) is 26.1 Å². The van der Waals surface area contributed by atoms with Gasteiger partial charge in [0.2, 0.25) is 5.78 Å². The fourth-order valence-electron chi connectivity index (χ4n) is 2.85. The van der Waals surface area contributed by atoms with E-state index in [0.29, 0.717) is 104 Å². The number of ketones is 1. The third-order valence-corrected chi connectivity index (χ3v) is 4.92. The molecule has 0 aliphatic rings. The molecule has 0 atom stereocenters. The van der Waals surface area contributed by atoms with Crippen LogP contribution in [0, 0.1) is 0 Å². The molecular weight excluding hydrogens is 546 g/mol. The van der Waals surface area contributed by atoms with Crippen molar-refractivity contribution in [3.05, 3.63) is 24.3 Å². The lowest BCUT2D eigenvalue weighted by molar-refractivity contribution is -0.151. The second-order valence-corrected chi connectivity index (χ2v) is 8.12. The van der Waals surface area contributed by atoms with Gasteiger partial charge in [-0.3, -0.25) is 9.59 Å². The van der Waals surface area contributed by atoms with Crippen LogP contribution in [-0.4, -0.2) is 129 Å². The maximum Gasteiger partial charge on any atom is 0.372 e. The van der Waals surface area contributed by atoms with Crippen LogP contribution in [0.25, 0.3) is 0 Å². The fraction of sp³-hybridized carbons (Fsp3) is 0.667. The summed E-state index contributed by atoms with van der Waals surface area (Å²) in [6.45, 7) is 6.26. The standard InChI is InChI=1S/C27H43NO13/c28-23-3-1-2-4-25(23)40-21-19-38-17-15-36-13-11-34-9-7-33-8-10-35-12-14-37-16-18-39-20-22-41-26(30)6-5-24(29)27(31)32/h1-4H,5-22,28H2,(H,31,32). The Balaban J connectivity index is 1.69. The van der Waals surface area contributed by atoms with Crippen LogP contribution in [0.3, 0.4) is 0 Å². The number of esters is 1. The van der Waals surface area contributed by atoms with Crippen molar-refractivity contribution in [2.45, 2.75) is 12.8 Å². The highest BCUT2D eigenvalue weighted by Crippen LogP contribution is 2.19. The molecule has 41 heavy (non-hydrogen) atoms. The Morgan fingerprint density at radius 3 is 1.37 bits per heavy atom. The smallest absolute Gasteiger partial charge is 0.372 e. The van der Waals surface area contributed by atoms with E-state index in [1.165, 1.54) is 0 Å². The predicted octanol–water partition coefficient (Wildman–Crippen LogP) is 0.741. The molecular formula is C27H43NO13. The van der Waals surface area contributed by atoms with Crippen molar-refractivity contribution in [3.8, 4) is 5.75 Å². The van der Waals surface area contributed by atoms with Crippen molar-refractivity contribution < 1.29 is 62.1 Å². The fourth-order valence-corrected chi connectivity index (χ4v) is 2.85. The van der Waals surface area contributed by atoms with E-state index in [1.54, 1.807) is 6.07 Å². The molecule has 0 saturated carbocycles. The Kier molecular flexibility index (Phi) is 23.0. The van der Waals surface area contributed by atoms with Crippen LogP contribution in [0.15, 0.2) is 24.3 Å². The summed E-state index contributed by atoms with van der Waals surface area (Å²) in [7, 11) is 0. The molecule has 0 aliphatic heterocycles. The summed E-state index contributed by atoms with van der Waals surface area (Å²) in [6.07, 6.45) is -0.658. The van der Waals surface area contributed by atoms with Crippen LogP contribution < -0.4 is 10.5 Å². The van der Waals surface area contributed by atoms with Gasteiger partial charge in [-0.1, -0.05) is 12.1 Å². The summed E-state index contributed by atoms with van der Waals surface area (Å²) in [5.74, 6) is -2.58. The highest BCUT2D eigenvalue weighted by molar-refractivity contribution is 6.32. The first kappa shape index (κ1) is 36.2. The number of carboxylic acids is 1. The molecule has 0 bridgehead atoms. The van der Waals surface area contributed by atoms with E-state index in [4.69, 9.17) is 53.5 Å². The molecule has 0 saturated heterocycles. The number of ether oxygens (including phenoxy) is 9. The highest BCUT2D eigenvalue weighted by Gasteiger charge is 2.14. The molecule has 0 heterocycles. The van der Waals surface area contributed by atoms with Crippen molar-refractivity contribution in [2.75, 3.05) is 111 Å². The van der Waals surface area contributed by atoms with Crippen molar-refractivity contribution >= 4 is 23.4 Å². The topological polar surface area (TPSA) is 181 Å². The zero-order valence-electron chi connectivity index (χ0n) is 23.5. The average molecular weight is 590 g/mol. The molecule has 1 aromatic carbocycles. The molecule has 1 aromatic rings. The van der Waals surface area contributed by atoms with Gasteiger partial charge in [-0.25, -0.2) is 4.79 Å². The Morgan fingerprint density at radius 1 is 0.561 bits per heavy atom. The third kappa shape index (κ3) is 22.5. The van der Waals surface area contributed by atoms with E-state index >= 15 is 0 Å². The van der Waals surface area contributed by atoms with E-state index in [1.807, 2.05) is 18.2 Å². The lowest BCUT2D eigenvalue weighted by Gasteiger charge is -2.09. The van der Waals surface area contributed by atoms with Gasteiger partial charge in [0.05, 0.1) is 105 Å². The summed E-state index contributed by atoms with van der Waals surface area (Å²) in [5, 5.41) is 8.43. The highest BCUT2D eigenvalue weighted by atomic mass is 16.6. The van der Waals surface area contributed by atoms with Crippen molar-refractivity contribution in [1.82, 2.24) is 0 Å². The number of para-hydroxylation sites is 2. The number of hydrogen-bond donors (Lipinski definition) is 2. The number of benzene rings is 1. The van der Waals surface area contributed by atoms with Gasteiger partial charge in [-0.2, -0.15) is 0 Å². The average Bonchev–Trinajstić information content (AvgIpc) is 2.96. The number of nitrogen functional groups attached to an aromatic ring is 1. The SMILES string of the molecule is Nc1ccccc1OCCOCCOCCOCCOCCOCCOCCOCCOC(=O)CCC(=O)C(=O)O. The van der Waals surface area contributed by atoms with Gasteiger partial charge < -0.3 is 53.5 Å². The lowest BCUT2D eigenvalue weighted by Crippen LogP contribution is -2.17. The van der Waals surface area contributed by atoms with Crippen LogP contribution in [0.1, 0.15) is 12.8 Å². The number of anilines is 1. The molecule has 0 aromatic heterocycles. The molecule has 0 aliphatic carbocycles. The number of rotatable bonds is 29. The van der Waals surface area contributed by atoms with Crippen LogP contribution in [-0.2, 0) is 52.3 Å². The van der Waals surface area contributed by atoms with Gasteiger partial charge in [-0.15, -0.1) is 0 Å². The van der Waals surface area contributed by atoms with Gasteiger partial charge in [0, 0.05) is 6.42 Å². The number of Topliss-reactive ketones (excluding diaryl/α,β-unsaturated/α-hetero) is 1. The summed E-state index contributed by atoms with van der Waals surface area (Å²) >= 11 is 0. The predicted molar refractivity (Wildman–Crippen MR) is 145 cm³/mol. The molecule has 0 unspecified atom stereocenters. The maximum absolute atomic E-state index is 11.3. The number of carbonyl (C=O) groups is 3. The van der Waals surface area contributed by atoms with Crippen LogP contribution >= 0.6 is 0 Å². The minimum atomic E-state index is -1.56. The second kappa shape index (κ2) is 26.1. The Hall–Kier alpha value is -2.85. The summed E-state index contributed by atoms with van der Waals surface area (Å²) in [4.78, 5) is 32.6. The van der Waals surface area contributed by atoms with Gasteiger partial charge in [0.1, 0.15) is 19.0 Å². The van der Waals surface area contributed by atoms with Crippen LogP contribution in [0.5, 0.6) is 5.75 Å². The van der Waals surface area contributed by atoms with E-state index in [9.17, 15) is 14.4 Å². The first-order valence-electron chi connectivity index (χ1n) is 13.4. The van der Waals surface area contributed by atoms with Gasteiger partial charge in [-0.05, 0) is 12.1 Å². The number of carbonyl (C=O) groups excluding carboxylic acids is 2. The summed E-state index contributed by atoms with van der Waals surface area (Å²) in [6, 6.07) is 7.32. The molecule has 1 rings (SSSR count). The molecule has 0 fully saturated rings. The van der Waals surface area contributed by atoms with Gasteiger partial charge in [0.15, 0.2) is 0 Å². The second-order valence-electron chi connectivity index (χ2n) is 8.12. The van der Waals surface area contributed by atoms with E-state index in [2.05, 4.69) is 0 Å². The molecule has 0 radical (unpaired) electrons. The summed E-state index contributed by atoms with van der Waals surface area (Å²) in [5.41, 5.74) is 6.40. The van der Waals surface area contributed by atoms with Gasteiger partial charge in [0.25, 0.3) is 0 Å². The largest absolute Gasteiger partial charge is 0.489 e. The zero-order valence-corrected chi connectivity index (χ0v) is 23.5. The molecule has 0 amide bonds. The Bertz CT molecular complexity index is 824. The molecule has 0 spiro atoms. The van der Waals surface area contributed by atoms with Crippen LogP contribution in [0.4, 0.5) is 5.69 Å². The zero-order chi connectivity index (χ0) is 29.8. The normalized spacial score (nSPS) is 10.9. The monoisotopic (exact) mass is 589 g/mol. The Labute approximate surface area is 240 Å². The number of hydrogen-bond acceptors (Lipinski definition) is 13. The molecule has 14 nitrogen and oxygen atoms in total. The van der Waals surface area contributed by atoms with Crippen LogP contribution in [0.2, 0.25) is 0 Å². The van der Waals surface area contributed by atoms with E-state index < -0.39 is 17.7 Å². The minimum Gasteiger partial charge on any atom is -0.489 e. The molecule has 234 valence electrons. The minimum absolute atomic E-state index is 0.0151. The number of aliphatic carboxylic acids is 1. The molecule has 3 N–H and O–H groups in total. The first-order valence-corrected chi connectivity index (χ1v) is 13.4. The third-order valence-electron chi connectivity index (χ3n) is 4.92. The van der Waals surface area contributed by atoms with Crippen molar-refractivity contribution in [2.24, 2.45) is 0 Å². The van der Waals surface area contributed by atoms with E-state index in [0.717, 1.165) is 0 Å². The lowest BCUT2D eigenvalue weighted by atomic mass is 10.2. The first-order chi connectivity index (χ1) is 20.0. The Morgan fingerprint density at radius 2 is 0.951 bits per heavy atom. The van der Waals surface area contributed by atoms with Crippen molar-refractivity contribution in [3.63, 3.8) is 0 Å². The summed E-state index contributed by atoms with van der Waals surface area (Å²) < 4.78 is 48.1. The maximum atomic E-state index is 11.3. The quantitative estimate of drug-likeness (QED) is 0.0578. The van der Waals surface area contributed by atoms with Crippen molar-refractivity contribution in [1.29, 1.82) is 0 Å². The van der Waals surface area contributed by atoms with Gasteiger partial charge >= 0.3 is 11.9 Å². The molecule has 14 heteroatoms. The number of carboxylic acid groups (broad SMARTS) is 1.